The van der Waals surface area contributed by atoms with Crippen molar-refractivity contribution in [1.29, 1.82) is 0 Å². The Kier molecular flexibility index (Phi) is 6.20. The molecule has 0 N–H and O–H groups in total. The molecule has 0 atom stereocenters. The van der Waals surface area contributed by atoms with Crippen LogP contribution in [0.25, 0.3) is 0 Å². The number of rotatable bonds is 0. The quantitative estimate of drug-likeness (QED) is 0.527. The van der Waals surface area contributed by atoms with Crippen LogP contribution in [0.3, 0.4) is 0 Å². The molecule has 0 unspecified atom stereocenters. The van der Waals surface area contributed by atoms with E-state index in [0.717, 1.165) is 62.5 Å². The zero-order chi connectivity index (χ0) is 11.6. The summed E-state index contributed by atoms with van der Waals surface area (Å²) in [5.41, 5.74) is 2.16. The lowest BCUT2D eigenvalue weighted by molar-refractivity contribution is 0.742. The molecule has 0 fully saturated rings. The Morgan fingerprint density at radius 1 is 0.688 bits per heavy atom. The number of hydrogen-bond acceptors (Lipinski definition) is 0. The average molecular weight is 212 g/mol. The molecule has 0 aliphatic heterocycles. The van der Waals surface area contributed by atoms with Gasteiger partial charge >= 0.3 is 0 Å². The van der Waals surface area contributed by atoms with Crippen LogP contribution in [-0.2, 0) is 0 Å². The third kappa shape index (κ3) is 6.15. The topological polar surface area (TPSA) is 0 Å². The predicted molar refractivity (Wildman–Crippen MR) is 70.8 cm³/mol. The molecule has 84 valence electrons. The second kappa shape index (κ2) is 7.84. The first kappa shape index (κ1) is 12.7. The Bertz CT molecular complexity index is 324. The highest BCUT2D eigenvalue weighted by molar-refractivity contribution is 5.27. The van der Waals surface area contributed by atoms with Crippen molar-refractivity contribution in [2.24, 2.45) is 0 Å². The molecule has 0 spiro atoms. The van der Waals surface area contributed by atoms with E-state index in [2.05, 4.69) is 36.8 Å². The minimum absolute atomic E-state index is 0.974. The molecule has 0 saturated heterocycles. The van der Waals surface area contributed by atoms with Crippen molar-refractivity contribution in [3.63, 3.8) is 0 Å². The van der Waals surface area contributed by atoms with Crippen LogP contribution in [0.1, 0.15) is 51.4 Å². The fourth-order valence-electron chi connectivity index (χ4n) is 1.60. The zero-order valence-corrected chi connectivity index (χ0v) is 10.1. The van der Waals surface area contributed by atoms with Crippen molar-refractivity contribution >= 4 is 0 Å². The molecule has 0 radical (unpaired) electrons. The van der Waals surface area contributed by atoms with Gasteiger partial charge in [-0.2, -0.15) is 0 Å². The number of hydrogen-bond donors (Lipinski definition) is 0. The summed E-state index contributed by atoms with van der Waals surface area (Å²) in [5.74, 6) is 12.7. The molecule has 0 aromatic heterocycles. The van der Waals surface area contributed by atoms with E-state index in [1.54, 1.807) is 0 Å². The standard InChI is InChI=1S/C16H20/c1-15-11-7-5-3-4-6-8-12-16(2)14-10-9-13-15/h1-6,9-10,13-14H2. The number of allylic oxidation sites excluding steroid dienone is 2. The minimum Gasteiger partial charge on any atom is -0.0983 e. The van der Waals surface area contributed by atoms with E-state index >= 15 is 0 Å². The first-order valence-corrected chi connectivity index (χ1v) is 6.12. The SMILES string of the molecule is C=C1C#CCCCCC#CC(=C)CCCC1. The Labute approximate surface area is 99.8 Å². The van der Waals surface area contributed by atoms with E-state index in [-0.39, 0.29) is 0 Å². The van der Waals surface area contributed by atoms with Crippen LogP contribution in [-0.4, -0.2) is 0 Å². The van der Waals surface area contributed by atoms with Crippen LogP contribution in [0.4, 0.5) is 0 Å². The summed E-state index contributed by atoms with van der Waals surface area (Å²) in [6, 6.07) is 0. The average Bonchev–Trinajstić information content (AvgIpc) is 2.27. The van der Waals surface area contributed by atoms with Crippen molar-refractivity contribution in [2.45, 2.75) is 51.4 Å². The summed E-state index contributed by atoms with van der Waals surface area (Å²) in [5, 5.41) is 0. The summed E-state index contributed by atoms with van der Waals surface area (Å²) in [7, 11) is 0. The normalized spacial score (nSPS) is 18.8. The summed E-state index contributed by atoms with van der Waals surface area (Å²) in [4.78, 5) is 0. The first-order valence-electron chi connectivity index (χ1n) is 6.12. The molecule has 0 amide bonds. The molecule has 0 aromatic carbocycles. The van der Waals surface area contributed by atoms with E-state index < -0.39 is 0 Å². The predicted octanol–water partition coefficient (Wildman–Crippen LogP) is 4.24. The van der Waals surface area contributed by atoms with Crippen molar-refractivity contribution in [1.82, 2.24) is 0 Å². The molecule has 0 bridgehead atoms. The molecule has 0 nitrogen and oxygen atoms in total. The van der Waals surface area contributed by atoms with Crippen LogP contribution in [0.15, 0.2) is 24.3 Å². The maximum Gasteiger partial charge on any atom is 0.00926 e. The van der Waals surface area contributed by atoms with Crippen molar-refractivity contribution in [2.75, 3.05) is 0 Å². The Hall–Kier alpha value is -1.40. The van der Waals surface area contributed by atoms with Gasteiger partial charge in [-0.25, -0.2) is 0 Å². The van der Waals surface area contributed by atoms with E-state index in [4.69, 9.17) is 0 Å². The van der Waals surface area contributed by atoms with Gasteiger partial charge in [0.1, 0.15) is 0 Å². The van der Waals surface area contributed by atoms with E-state index in [9.17, 15) is 0 Å². The zero-order valence-electron chi connectivity index (χ0n) is 10.1. The largest absolute Gasteiger partial charge is 0.0983 e. The van der Waals surface area contributed by atoms with E-state index in [1.165, 1.54) is 0 Å². The van der Waals surface area contributed by atoms with Crippen molar-refractivity contribution in [3.8, 4) is 23.7 Å². The molecule has 1 rings (SSSR count). The van der Waals surface area contributed by atoms with Crippen LogP contribution < -0.4 is 0 Å². The van der Waals surface area contributed by atoms with Gasteiger partial charge in [0, 0.05) is 12.8 Å². The maximum atomic E-state index is 3.98. The van der Waals surface area contributed by atoms with Gasteiger partial charge in [-0.1, -0.05) is 36.8 Å². The van der Waals surface area contributed by atoms with Crippen LogP contribution in [0, 0.1) is 23.7 Å². The van der Waals surface area contributed by atoms with Crippen LogP contribution >= 0.6 is 0 Å². The second-order valence-electron chi connectivity index (χ2n) is 4.22. The lowest BCUT2D eigenvalue weighted by Gasteiger charge is -2.00. The van der Waals surface area contributed by atoms with E-state index in [1.807, 2.05) is 0 Å². The monoisotopic (exact) mass is 212 g/mol. The van der Waals surface area contributed by atoms with Gasteiger partial charge in [-0.15, -0.1) is 0 Å². The Morgan fingerprint density at radius 2 is 1.12 bits per heavy atom. The molecule has 1 aliphatic rings. The third-order valence-electron chi connectivity index (χ3n) is 2.59. The Morgan fingerprint density at radius 3 is 1.56 bits per heavy atom. The van der Waals surface area contributed by atoms with Gasteiger partial charge in [-0.3, -0.25) is 0 Å². The maximum absolute atomic E-state index is 3.98. The second-order valence-corrected chi connectivity index (χ2v) is 4.22. The van der Waals surface area contributed by atoms with Crippen molar-refractivity contribution in [3.05, 3.63) is 24.3 Å². The third-order valence-corrected chi connectivity index (χ3v) is 2.59. The smallest absolute Gasteiger partial charge is 0.00926 e. The minimum atomic E-state index is 0.974. The molecule has 0 aromatic rings. The van der Waals surface area contributed by atoms with Crippen LogP contribution in [0.5, 0.6) is 0 Å². The fourth-order valence-corrected chi connectivity index (χ4v) is 1.60. The first-order chi connectivity index (χ1) is 7.79. The highest BCUT2D eigenvalue weighted by atomic mass is 14.0. The highest BCUT2D eigenvalue weighted by Crippen LogP contribution is 2.10. The molecule has 16 heavy (non-hydrogen) atoms. The van der Waals surface area contributed by atoms with Gasteiger partial charge < -0.3 is 0 Å². The van der Waals surface area contributed by atoms with Gasteiger partial charge in [0.25, 0.3) is 0 Å². The summed E-state index contributed by atoms with van der Waals surface area (Å²) >= 11 is 0. The summed E-state index contributed by atoms with van der Waals surface area (Å²) in [6.45, 7) is 7.96. The fraction of sp³-hybridized carbons (Fsp3) is 0.500. The van der Waals surface area contributed by atoms with Gasteiger partial charge in [0.05, 0.1) is 0 Å². The highest BCUT2D eigenvalue weighted by Gasteiger charge is 1.94. The molecule has 1 aliphatic carbocycles. The molecule has 0 saturated carbocycles. The van der Waals surface area contributed by atoms with Crippen molar-refractivity contribution < 1.29 is 0 Å². The van der Waals surface area contributed by atoms with Gasteiger partial charge in [0.2, 0.25) is 0 Å². The molecular weight excluding hydrogens is 192 g/mol. The van der Waals surface area contributed by atoms with Crippen LogP contribution in [0.2, 0.25) is 0 Å². The lowest BCUT2D eigenvalue weighted by atomic mass is 10.0. The summed E-state index contributed by atoms with van der Waals surface area (Å²) in [6.07, 6.45) is 8.57. The van der Waals surface area contributed by atoms with Gasteiger partial charge in [0.15, 0.2) is 0 Å². The van der Waals surface area contributed by atoms with E-state index in [0.29, 0.717) is 0 Å². The lowest BCUT2D eigenvalue weighted by Crippen LogP contribution is -1.84. The molecule has 0 heterocycles. The summed E-state index contributed by atoms with van der Waals surface area (Å²) < 4.78 is 0. The molecular formula is C16H20. The van der Waals surface area contributed by atoms with Gasteiger partial charge in [-0.05, 0) is 49.7 Å². The molecule has 0 heteroatoms. The Balaban J connectivity index is 2.46.